The Morgan fingerprint density at radius 3 is 2.71 bits per heavy atom. The number of rotatable bonds is 2. The van der Waals surface area contributed by atoms with Gasteiger partial charge in [-0.2, -0.15) is 13.2 Å². The second kappa shape index (κ2) is 4.55. The van der Waals surface area contributed by atoms with Gasteiger partial charge in [-0.05, 0) is 31.4 Å². The minimum Gasteiger partial charge on any atom is -0.461 e. The standard InChI is InChI=1S/C12H13F3O2/c13-12(14,15)9-4-1-3-8(7-9)11(16)10-5-2-6-17-10/h2,5-6,8-9H,1,3-4,7H2. The van der Waals surface area contributed by atoms with Crippen LogP contribution in [0.5, 0.6) is 0 Å². The molecule has 1 aliphatic carbocycles. The van der Waals surface area contributed by atoms with Gasteiger partial charge in [-0.3, -0.25) is 4.79 Å². The van der Waals surface area contributed by atoms with Crippen molar-refractivity contribution in [3.05, 3.63) is 24.2 Å². The topological polar surface area (TPSA) is 30.2 Å². The van der Waals surface area contributed by atoms with Crippen molar-refractivity contribution >= 4 is 5.78 Å². The lowest BCUT2D eigenvalue weighted by molar-refractivity contribution is -0.184. The molecule has 0 aliphatic heterocycles. The zero-order valence-corrected chi connectivity index (χ0v) is 9.17. The van der Waals surface area contributed by atoms with Crippen LogP contribution in [0.25, 0.3) is 0 Å². The molecule has 0 N–H and O–H groups in total. The molecule has 1 fully saturated rings. The fourth-order valence-electron chi connectivity index (χ4n) is 2.35. The van der Waals surface area contributed by atoms with Crippen LogP contribution in [-0.4, -0.2) is 12.0 Å². The molecule has 0 spiro atoms. The fraction of sp³-hybridized carbons (Fsp3) is 0.583. The van der Waals surface area contributed by atoms with Crippen molar-refractivity contribution in [1.29, 1.82) is 0 Å². The van der Waals surface area contributed by atoms with Crippen molar-refractivity contribution in [3.8, 4) is 0 Å². The van der Waals surface area contributed by atoms with Crippen molar-refractivity contribution in [1.82, 2.24) is 0 Å². The van der Waals surface area contributed by atoms with Crippen molar-refractivity contribution in [2.24, 2.45) is 11.8 Å². The number of Topliss-reactive ketones (excluding diaryl/α,β-unsaturated/α-hetero) is 1. The third-order valence-corrected chi connectivity index (χ3v) is 3.27. The molecule has 0 radical (unpaired) electrons. The van der Waals surface area contributed by atoms with Crippen molar-refractivity contribution in [3.63, 3.8) is 0 Å². The number of hydrogen-bond acceptors (Lipinski definition) is 2. The molecular weight excluding hydrogens is 233 g/mol. The van der Waals surface area contributed by atoms with E-state index in [4.69, 9.17) is 4.42 Å². The van der Waals surface area contributed by atoms with Crippen LogP contribution >= 0.6 is 0 Å². The molecule has 0 aromatic carbocycles. The first-order valence-corrected chi connectivity index (χ1v) is 5.63. The third-order valence-electron chi connectivity index (χ3n) is 3.27. The first kappa shape index (κ1) is 12.2. The monoisotopic (exact) mass is 246 g/mol. The van der Waals surface area contributed by atoms with E-state index in [-0.39, 0.29) is 24.4 Å². The average molecular weight is 246 g/mol. The first-order chi connectivity index (χ1) is 7.98. The zero-order chi connectivity index (χ0) is 12.5. The number of carbonyl (C=O) groups is 1. The third kappa shape index (κ3) is 2.70. The second-order valence-electron chi connectivity index (χ2n) is 4.44. The summed E-state index contributed by atoms with van der Waals surface area (Å²) in [7, 11) is 0. The highest BCUT2D eigenvalue weighted by Gasteiger charge is 2.43. The van der Waals surface area contributed by atoms with E-state index >= 15 is 0 Å². The van der Waals surface area contributed by atoms with Crippen LogP contribution in [0.3, 0.4) is 0 Å². The maximum Gasteiger partial charge on any atom is 0.391 e. The van der Waals surface area contributed by atoms with E-state index < -0.39 is 18.0 Å². The predicted octanol–water partition coefficient (Wildman–Crippen LogP) is 3.83. The van der Waals surface area contributed by atoms with Crippen molar-refractivity contribution in [2.45, 2.75) is 31.9 Å². The molecule has 1 aliphatic rings. The molecule has 1 aromatic heterocycles. The molecule has 94 valence electrons. The summed E-state index contributed by atoms with van der Waals surface area (Å²) in [5, 5.41) is 0. The quantitative estimate of drug-likeness (QED) is 0.742. The lowest BCUT2D eigenvalue weighted by atomic mass is 9.78. The van der Waals surface area contributed by atoms with E-state index in [1.807, 2.05) is 0 Å². The van der Waals surface area contributed by atoms with Crippen LogP contribution in [0.1, 0.15) is 36.2 Å². The number of furan rings is 1. The summed E-state index contributed by atoms with van der Waals surface area (Å²) in [6.45, 7) is 0. The van der Waals surface area contributed by atoms with E-state index in [9.17, 15) is 18.0 Å². The number of hydrogen-bond donors (Lipinski definition) is 0. The Balaban J connectivity index is 2.05. The Bertz CT molecular complexity index is 381. The van der Waals surface area contributed by atoms with Gasteiger partial charge in [0.05, 0.1) is 12.2 Å². The maximum absolute atomic E-state index is 12.6. The van der Waals surface area contributed by atoms with Crippen LogP contribution in [0.15, 0.2) is 22.8 Å². The predicted molar refractivity (Wildman–Crippen MR) is 54.5 cm³/mol. The van der Waals surface area contributed by atoms with Crippen LogP contribution in [0.4, 0.5) is 13.2 Å². The lowest BCUT2D eigenvalue weighted by Crippen LogP contribution is -2.31. The van der Waals surface area contributed by atoms with Crippen LogP contribution < -0.4 is 0 Å². The highest BCUT2D eigenvalue weighted by Crippen LogP contribution is 2.40. The summed E-state index contributed by atoms with van der Waals surface area (Å²) in [6.07, 6.45) is -1.85. The van der Waals surface area contributed by atoms with Gasteiger partial charge in [-0.1, -0.05) is 6.42 Å². The molecule has 2 atom stereocenters. The highest BCUT2D eigenvalue weighted by molar-refractivity contribution is 5.95. The summed E-state index contributed by atoms with van der Waals surface area (Å²) in [4.78, 5) is 11.9. The number of ketones is 1. The van der Waals surface area contributed by atoms with Gasteiger partial charge < -0.3 is 4.42 Å². The Labute approximate surface area is 96.8 Å². The number of carbonyl (C=O) groups excluding carboxylic acids is 1. The number of halogens is 3. The minimum atomic E-state index is -4.19. The van der Waals surface area contributed by atoms with E-state index in [0.29, 0.717) is 12.8 Å². The van der Waals surface area contributed by atoms with Crippen LogP contribution in [0, 0.1) is 11.8 Å². The minimum absolute atomic E-state index is 0.108. The maximum atomic E-state index is 12.6. The van der Waals surface area contributed by atoms with Gasteiger partial charge in [0.1, 0.15) is 0 Å². The van der Waals surface area contributed by atoms with Gasteiger partial charge in [0.25, 0.3) is 0 Å². The molecule has 2 nitrogen and oxygen atoms in total. The Hall–Kier alpha value is -1.26. The molecule has 1 aromatic rings. The van der Waals surface area contributed by atoms with Crippen LogP contribution in [0.2, 0.25) is 0 Å². The summed E-state index contributed by atoms with van der Waals surface area (Å²) < 4.78 is 42.7. The zero-order valence-electron chi connectivity index (χ0n) is 9.17. The van der Waals surface area contributed by atoms with Crippen molar-refractivity contribution < 1.29 is 22.4 Å². The second-order valence-corrected chi connectivity index (χ2v) is 4.44. The summed E-state index contributed by atoms with van der Waals surface area (Å²) in [5.41, 5.74) is 0. The van der Waals surface area contributed by atoms with E-state index in [2.05, 4.69) is 0 Å². The molecule has 5 heteroatoms. The molecule has 1 heterocycles. The van der Waals surface area contributed by atoms with Gasteiger partial charge in [0, 0.05) is 5.92 Å². The number of alkyl halides is 3. The Morgan fingerprint density at radius 1 is 1.35 bits per heavy atom. The van der Waals surface area contributed by atoms with E-state index in [0.717, 1.165) is 0 Å². The fourth-order valence-corrected chi connectivity index (χ4v) is 2.35. The molecule has 0 amide bonds. The average Bonchev–Trinajstić information content (AvgIpc) is 2.80. The van der Waals surface area contributed by atoms with E-state index in [1.54, 1.807) is 6.07 Å². The van der Waals surface area contributed by atoms with Gasteiger partial charge >= 0.3 is 6.18 Å². The van der Waals surface area contributed by atoms with Crippen LogP contribution in [-0.2, 0) is 0 Å². The smallest absolute Gasteiger partial charge is 0.391 e. The largest absolute Gasteiger partial charge is 0.461 e. The van der Waals surface area contributed by atoms with Gasteiger partial charge in [-0.25, -0.2) is 0 Å². The SMILES string of the molecule is O=C(c1ccco1)C1CCCC(C(F)(F)F)C1. The Kier molecular flexibility index (Phi) is 3.26. The summed E-state index contributed by atoms with van der Waals surface area (Å²) >= 11 is 0. The molecule has 0 saturated heterocycles. The normalized spacial score (nSPS) is 25.8. The molecule has 17 heavy (non-hydrogen) atoms. The van der Waals surface area contributed by atoms with E-state index in [1.165, 1.54) is 12.3 Å². The Morgan fingerprint density at radius 2 is 2.12 bits per heavy atom. The summed E-state index contributed by atoms with van der Waals surface area (Å²) in [5.74, 6) is -2.04. The molecular formula is C12H13F3O2. The lowest BCUT2D eigenvalue weighted by Gasteiger charge is -2.29. The molecule has 0 bridgehead atoms. The highest BCUT2D eigenvalue weighted by atomic mass is 19.4. The summed E-state index contributed by atoms with van der Waals surface area (Å²) in [6, 6.07) is 3.07. The molecule has 2 unspecified atom stereocenters. The first-order valence-electron chi connectivity index (χ1n) is 5.63. The molecule has 2 rings (SSSR count). The molecule has 1 saturated carbocycles. The van der Waals surface area contributed by atoms with Crippen molar-refractivity contribution in [2.75, 3.05) is 0 Å². The van der Waals surface area contributed by atoms with Gasteiger partial charge in [0.15, 0.2) is 5.76 Å². The van der Waals surface area contributed by atoms with Gasteiger partial charge in [0.2, 0.25) is 5.78 Å². The van der Waals surface area contributed by atoms with Gasteiger partial charge in [-0.15, -0.1) is 0 Å².